The normalized spacial score (nSPS) is 13.5. The van der Waals surface area contributed by atoms with E-state index in [0.29, 0.717) is 37.7 Å². The number of methoxy groups -OCH3 is 2. The SMILES string of the molecule is COc1ccc(-c2cc(N3CCN(C(=O)COc4ccc(C)cc4OC)CC3)ncn2)cc1. The van der Waals surface area contributed by atoms with E-state index in [9.17, 15) is 4.79 Å². The lowest BCUT2D eigenvalue weighted by molar-refractivity contribution is -0.133. The summed E-state index contributed by atoms with van der Waals surface area (Å²) in [6.45, 7) is 4.56. The van der Waals surface area contributed by atoms with Crippen molar-refractivity contribution in [2.45, 2.75) is 6.92 Å². The van der Waals surface area contributed by atoms with Gasteiger partial charge in [-0.3, -0.25) is 4.79 Å². The van der Waals surface area contributed by atoms with E-state index < -0.39 is 0 Å². The van der Waals surface area contributed by atoms with Gasteiger partial charge < -0.3 is 24.0 Å². The number of carbonyl (C=O) groups is 1. The van der Waals surface area contributed by atoms with Crippen LogP contribution in [-0.2, 0) is 4.79 Å². The monoisotopic (exact) mass is 448 g/mol. The Morgan fingerprint density at radius 3 is 2.36 bits per heavy atom. The first kappa shape index (κ1) is 22.4. The minimum atomic E-state index is -0.0427. The van der Waals surface area contributed by atoms with Gasteiger partial charge in [0, 0.05) is 37.8 Å². The molecule has 8 nitrogen and oxygen atoms in total. The van der Waals surface area contributed by atoms with Gasteiger partial charge in [0.15, 0.2) is 18.1 Å². The zero-order chi connectivity index (χ0) is 23.2. The third kappa shape index (κ3) is 5.34. The van der Waals surface area contributed by atoms with E-state index in [0.717, 1.165) is 28.4 Å². The van der Waals surface area contributed by atoms with Crippen molar-refractivity contribution in [1.82, 2.24) is 14.9 Å². The Morgan fingerprint density at radius 2 is 1.67 bits per heavy atom. The highest BCUT2D eigenvalue weighted by atomic mass is 16.5. The van der Waals surface area contributed by atoms with Gasteiger partial charge in [-0.15, -0.1) is 0 Å². The number of aromatic nitrogens is 2. The van der Waals surface area contributed by atoms with Gasteiger partial charge in [0.05, 0.1) is 19.9 Å². The Balaban J connectivity index is 1.33. The summed E-state index contributed by atoms with van der Waals surface area (Å²) in [5, 5.41) is 0. The lowest BCUT2D eigenvalue weighted by Gasteiger charge is -2.35. The molecular weight excluding hydrogens is 420 g/mol. The second kappa shape index (κ2) is 10.2. The summed E-state index contributed by atoms with van der Waals surface area (Å²) < 4.78 is 16.3. The summed E-state index contributed by atoms with van der Waals surface area (Å²) in [5.74, 6) is 2.81. The summed E-state index contributed by atoms with van der Waals surface area (Å²) in [7, 11) is 3.24. The van der Waals surface area contributed by atoms with Crippen LogP contribution in [0, 0.1) is 6.92 Å². The number of carbonyl (C=O) groups excluding carboxylic acids is 1. The molecule has 2 heterocycles. The lowest BCUT2D eigenvalue weighted by Crippen LogP contribution is -2.50. The van der Waals surface area contributed by atoms with Crippen LogP contribution in [0.3, 0.4) is 0 Å². The molecule has 4 rings (SSSR count). The molecule has 1 fully saturated rings. The molecule has 172 valence electrons. The molecule has 0 radical (unpaired) electrons. The second-order valence-electron chi connectivity index (χ2n) is 7.80. The van der Waals surface area contributed by atoms with Crippen molar-refractivity contribution >= 4 is 11.7 Å². The molecule has 0 unspecified atom stereocenters. The van der Waals surface area contributed by atoms with E-state index in [1.165, 1.54) is 0 Å². The first-order chi connectivity index (χ1) is 16.1. The molecule has 0 aliphatic carbocycles. The molecule has 8 heteroatoms. The molecular formula is C25H28N4O4. The predicted octanol–water partition coefficient (Wildman–Crippen LogP) is 3.20. The lowest BCUT2D eigenvalue weighted by atomic mass is 10.1. The van der Waals surface area contributed by atoms with Crippen LogP contribution in [0.2, 0.25) is 0 Å². The molecule has 1 aliphatic heterocycles. The maximum Gasteiger partial charge on any atom is 0.260 e. The molecule has 1 aliphatic rings. The molecule has 0 saturated carbocycles. The van der Waals surface area contributed by atoms with Gasteiger partial charge in [-0.2, -0.15) is 0 Å². The van der Waals surface area contributed by atoms with Crippen LogP contribution in [0.4, 0.5) is 5.82 Å². The van der Waals surface area contributed by atoms with E-state index in [4.69, 9.17) is 14.2 Å². The fourth-order valence-electron chi connectivity index (χ4n) is 3.75. The summed E-state index contributed by atoms with van der Waals surface area (Å²) in [6.07, 6.45) is 1.58. The van der Waals surface area contributed by atoms with E-state index in [1.807, 2.05) is 60.4 Å². The second-order valence-corrected chi connectivity index (χ2v) is 7.80. The minimum Gasteiger partial charge on any atom is -0.497 e. The van der Waals surface area contributed by atoms with Crippen LogP contribution >= 0.6 is 0 Å². The van der Waals surface area contributed by atoms with E-state index in [2.05, 4.69) is 14.9 Å². The number of rotatable bonds is 7. The fourth-order valence-corrected chi connectivity index (χ4v) is 3.75. The van der Waals surface area contributed by atoms with Gasteiger partial charge >= 0.3 is 0 Å². The summed E-state index contributed by atoms with van der Waals surface area (Å²) in [5.41, 5.74) is 2.92. The number of aryl methyl sites for hydroxylation is 1. The molecule has 1 aromatic heterocycles. The van der Waals surface area contributed by atoms with Crippen LogP contribution in [0.25, 0.3) is 11.3 Å². The third-order valence-electron chi connectivity index (χ3n) is 5.67. The molecule has 33 heavy (non-hydrogen) atoms. The van der Waals surface area contributed by atoms with Crippen LogP contribution in [0.15, 0.2) is 54.9 Å². The first-order valence-corrected chi connectivity index (χ1v) is 10.8. The Labute approximate surface area is 193 Å². The van der Waals surface area contributed by atoms with Crippen molar-refractivity contribution in [2.75, 3.05) is 51.9 Å². The average Bonchev–Trinajstić information content (AvgIpc) is 2.88. The molecule has 1 amide bonds. The number of benzene rings is 2. The van der Waals surface area contributed by atoms with Crippen molar-refractivity contribution < 1.29 is 19.0 Å². The summed E-state index contributed by atoms with van der Waals surface area (Å²) in [6, 6.07) is 15.4. The average molecular weight is 449 g/mol. The number of hydrogen-bond acceptors (Lipinski definition) is 7. The molecule has 1 saturated heterocycles. The highest BCUT2D eigenvalue weighted by Gasteiger charge is 2.23. The molecule has 0 bridgehead atoms. The zero-order valence-electron chi connectivity index (χ0n) is 19.2. The van der Waals surface area contributed by atoms with Gasteiger partial charge in [0.25, 0.3) is 5.91 Å². The smallest absolute Gasteiger partial charge is 0.260 e. The Hall–Kier alpha value is -3.81. The number of amides is 1. The van der Waals surface area contributed by atoms with Crippen LogP contribution in [0.1, 0.15) is 5.56 Å². The topological polar surface area (TPSA) is 77.0 Å². The number of anilines is 1. The van der Waals surface area contributed by atoms with Crippen LogP contribution in [-0.4, -0.2) is 67.8 Å². The van der Waals surface area contributed by atoms with Crippen molar-refractivity contribution in [2.24, 2.45) is 0 Å². The van der Waals surface area contributed by atoms with E-state index in [1.54, 1.807) is 20.5 Å². The largest absolute Gasteiger partial charge is 0.497 e. The molecule has 2 aromatic carbocycles. The van der Waals surface area contributed by atoms with Gasteiger partial charge in [0.2, 0.25) is 0 Å². The number of ether oxygens (including phenoxy) is 3. The van der Waals surface area contributed by atoms with Crippen LogP contribution in [0.5, 0.6) is 17.2 Å². The fraction of sp³-hybridized carbons (Fsp3) is 0.320. The number of hydrogen-bond donors (Lipinski definition) is 0. The Morgan fingerprint density at radius 1 is 0.909 bits per heavy atom. The molecule has 0 spiro atoms. The van der Waals surface area contributed by atoms with E-state index >= 15 is 0 Å². The zero-order valence-corrected chi connectivity index (χ0v) is 19.2. The standard InChI is InChI=1S/C25H28N4O4/c1-18-4-9-22(23(14-18)32-3)33-16-25(30)29-12-10-28(11-13-29)24-15-21(26-17-27-24)19-5-7-20(31-2)8-6-19/h4-9,14-15,17H,10-13,16H2,1-3H3. The highest BCUT2D eigenvalue weighted by molar-refractivity contribution is 5.78. The van der Waals surface area contributed by atoms with Crippen molar-refractivity contribution in [3.63, 3.8) is 0 Å². The van der Waals surface area contributed by atoms with Crippen molar-refractivity contribution in [1.29, 1.82) is 0 Å². The molecule has 3 aromatic rings. The number of piperazine rings is 1. The van der Waals surface area contributed by atoms with Gasteiger partial charge in [0.1, 0.15) is 17.9 Å². The van der Waals surface area contributed by atoms with Gasteiger partial charge in [-0.25, -0.2) is 9.97 Å². The third-order valence-corrected chi connectivity index (χ3v) is 5.67. The van der Waals surface area contributed by atoms with Crippen LogP contribution < -0.4 is 19.1 Å². The van der Waals surface area contributed by atoms with Crippen molar-refractivity contribution in [3.8, 4) is 28.5 Å². The predicted molar refractivity (Wildman–Crippen MR) is 126 cm³/mol. The summed E-state index contributed by atoms with van der Waals surface area (Å²) >= 11 is 0. The van der Waals surface area contributed by atoms with E-state index in [-0.39, 0.29) is 12.5 Å². The van der Waals surface area contributed by atoms with Crippen molar-refractivity contribution in [3.05, 3.63) is 60.4 Å². The maximum absolute atomic E-state index is 12.7. The molecule has 0 N–H and O–H groups in total. The molecule has 0 atom stereocenters. The Kier molecular flexibility index (Phi) is 6.92. The first-order valence-electron chi connectivity index (χ1n) is 10.8. The minimum absolute atomic E-state index is 0.0193. The van der Waals surface area contributed by atoms with Gasteiger partial charge in [-0.1, -0.05) is 6.07 Å². The summed E-state index contributed by atoms with van der Waals surface area (Å²) in [4.78, 5) is 25.5. The maximum atomic E-state index is 12.7. The Bertz CT molecular complexity index is 1100. The van der Waals surface area contributed by atoms with Gasteiger partial charge in [-0.05, 0) is 48.9 Å². The highest BCUT2D eigenvalue weighted by Crippen LogP contribution is 2.28. The number of nitrogens with zero attached hydrogens (tertiary/aromatic N) is 4. The quantitative estimate of drug-likeness (QED) is 0.549.